The van der Waals surface area contributed by atoms with Gasteiger partial charge in [-0.1, -0.05) is 36.4 Å². The van der Waals surface area contributed by atoms with E-state index in [9.17, 15) is 4.21 Å². The number of benzene rings is 1. The van der Waals surface area contributed by atoms with Crippen molar-refractivity contribution in [2.75, 3.05) is 0 Å². The number of allylic oxidation sites excluding steroid dienone is 2. The maximum Gasteiger partial charge on any atom is 0.145 e. The number of hydrogen-bond donors (Lipinski definition) is 0. The Morgan fingerprint density at radius 3 is 2.29 bits per heavy atom. The zero-order valence-corrected chi connectivity index (χ0v) is 11.6. The molecular formula is C14H19NOS. The van der Waals surface area contributed by atoms with Crippen LogP contribution in [0.1, 0.15) is 33.3 Å². The topological polar surface area (TPSA) is 29.4 Å². The second-order valence-corrected chi connectivity index (χ2v) is 6.61. The van der Waals surface area contributed by atoms with Crippen LogP contribution in [-0.2, 0) is 11.0 Å². The Morgan fingerprint density at radius 1 is 1.24 bits per heavy atom. The van der Waals surface area contributed by atoms with Gasteiger partial charge in [0.15, 0.2) is 0 Å². The molecule has 2 nitrogen and oxygen atoms in total. The molecule has 1 aromatic carbocycles. The first-order chi connectivity index (χ1) is 7.95. The van der Waals surface area contributed by atoms with Crippen molar-refractivity contribution >= 4 is 16.7 Å². The summed E-state index contributed by atoms with van der Waals surface area (Å²) in [6.45, 7) is 7.69. The van der Waals surface area contributed by atoms with Crippen molar-refractivity contribution in [3.8, 4) is 0 Å². The van der Waals surface area contributed by atoms with Gasteiger partial charge in [0, 0.05) is 5.56 Å². The lowest BCUT2D eigenvalue weighted by atomic mass is 10.1. The van der Waals surface area contributed by atoms with Gasteiger partial charge in [-0.3, -0.25) is 0 Å². The van der Waals surface area contributed by atoms with Gasteiger partial charge in [0.05, 0.1) is 10.5 Å². The summed E-state index contributed by atoms with van der Waals surface area (Å²) in [7, 11) is -1.23. The van der Waals surface area contributed by atoms with Crippen molar-refractivity contribution in [2.24, 2.45) is 4.40 Å². The summed E-state index contributed by atoms with van der Waals surface area (Å²) in [6, 6.07) is 9.80. The highest BCUT2D eigenvalue weighted by atomic mass is 32.2. The summed E-state index contributed by atoms with van der Waals surface area (Å²) in [4.78, 5) is 0. The SMILES string of the molecule is C/C=C/C(=N\S(=O)C(C)(C)C)c1ccccc1. The summed E-state index contributed by atoms with van der Waals surface area (Å²) in [6.07, 6.45) is 3.80. The molecule has 0 bridgehead atoms. The van der Waals surface area contributed by atoms with Gasteiger partial charge < -0.3 is 0 Å². The van der Waals surface area contributed by atoms with Crippen LogP contribution in [0.5, 0.6) is 0 Å². The third-order valence-corrected chi connectivity index (χ3v) is 3.51. The van der Waals surface area contributed by atoms with E-state index in [0.717, 1.165) is 11.3 Å². The first-order valence-electron chi connectivity index (χ1n) is 5.64. The third kappa shape index (κ3) is 4.27. The quantitative estimate of drug-likeness (QED) is 0.754. The van der Waals surface area contributed by atoms with Crippen LogP contribution in [0.2, 0.25) is 0 Å². The maximum absolute atomic E-state index is 12.0. The molecule has 17 heavy (non-hydrogen) atoms. The predicted octanol–water partition coefficient (Wildman–Crippen LogP) is 3.51. The highest BCUT2D eigenvalue weighted by Gasteiger charge is 2.19. The van der Waals surface area contributed by atoms with Crippen LogP contribution in [0.25, 0.3) is 0 Å². The Kier molecular flexibility index (Phi) is 4.82. The summed E-state index contributed by atoms with van der Waals surface area (Å²) in [5.74, 6) is 0. The molecule has 0 aromatic heterocycles. The van der Waals surface area contributed by atoms with Crippen molar-refractivity contribution < 1.29 is 4.21 Å². The van der Waals surface area contributed by atoms with Gasteiger partial charge >= 0.3 is 0 Å². The van der Waals surface area contributed by atoms with E-state index in [2.05, 4.69) is 4.40 Å². The molecular weight excluding hydrogens is 230 g/mol. The zero-order valence-electron chi connectivity index (χ0n) is 10.8. The Labute approximate surface area is 106 Å². The Bertz CT molecular complexity index is 441. The molecule has 0 spiro atoms. The second-order valence-electron chi connectivity index (χ2n) is 4.70. The summed E-state index contributed by atoms with van der Waals surface area (Å²) in [5, 5.41) is 0. The second kappa shape index (κ2) is 5.92. The Morgan fingerprint density at radius 2 is 1.82 bits per heavy atom. The van der Waals surface area contributed by atoms with E-state index in [-0.39, 0.29) is 4.75 Å². The standard InChI is InChI=1S/C14H19NOS/c1-5-9-13(12-10-7-6-8-11-12)15-17(16)14(2,3)4/h5-11H,1-4H3/b9-5+,15-13+. The molecule has 0 amide bonds. The van der Waals surface area contributed by atoms with E-state index in [1.165, 1.54) is 0 Å². The Balaban J connectivity index is 3.11. The smallest absolute Gasteiger partial charge is 0.145 e. The van der Waals surface area contributed by atoms with Crippen LogP contribution in [0.4, 0.5) is 0 Å². The van der Waals surface area contributed by atoms with E-state index >= 15 is 0 Å². The first-order valence-corrected chi connectivity index (χ1v) is 6.74. The molecule has 92 valence electrons. The molecule has 0 aliphatic carbocycles. The van der Waals surface area contributed by atoms with Gasteiger partial charge in [-0.2, -0.15) is 4.40 Å². The molecule has 3 heteroatoms. The van der Waals surface area contributed by atoms with Gasteiger partial charge in [-0.25, -0.2) is 4.21 Å². The van der Waals surface area contributed by atoms with E-state index < -0.39 is 11.0 Å². The molecule has 0 N–H and O–H groups in total. The number of nitrogens with zero attached hydrogens (tertiary/aromatic N) is 1. The monoisotopic (exact) mass is 249 g/mol. The van der Waals surface area contributed by atoms with E-state index in [1.807, 2.05) is 70.2 Å². The fourth-order valence-corrected chi connectivity index (χ4v) is 1.79. The minimum Gasteiger partial charge on any atom is -0.234 e. The van der Waals surface area contributed by atoms with Crippen molar-refractivity contribution in [3.05, 3.63) is 48.0 Å². The van der Waals surface area contributed by atoms with Crippen LogP contribution >= 0.6 is 0 Å². The van der Waals surface area contributed by atoms with Crippen LogP contribution in [-0.4, -0.2) is 14.7 Å². The lowest BCUT2D eigenvalue weighted by molar-refractivity contribution is 0.650. The van der Waals surface area contributed by atoms with Gasteiger partial charge in [0.25, 0.3) is 0 Å². The van der Waals surface area contributed by atoms with E-state index in [0.29, 0.717) is 0 Å². The van der Waals surface area contributed by atoms with Crippen molar-refractivity contribution in [3.63, 3.8) is 0 Å². The summed E-state index contributed by atoms with van der Waals surface area (Å²) >= 11 is 0. The van der Waals surface area contributed by atoms with Crippen LogP contribution in [0.3, 0.4) is 0 Å². The highest BCUT2D eigenvalue weighted by molar-refractivity contribution is 7.85. The molecule has 1 aromatic rings. The van der Waals surface area contributed by atoms with Gasteiger partial charge in [0.2, 0.25) is 0 Å². The van der Waals surface area contributed by atoms with Crippen LogP contribution in [0, 0.1) is 0 Å². The molecule has 0 aliphatic heterocycles. The van der Waals surface area contributed by atoms with Gasteiger partial charge in [-0.05, 0) is 33.8 Å². The third-order valence-electron chi connectivity index (χ3n) is 2.10. The number of hydrogen-bond acceptors (Lipinski definition) is 1. The summed E-state index contributed by atoms with van der Waals surface area (Å²) in [5.41, 5.74) is 1.75. The maximum atomic E-state index is 12.0. The zero-order chi connectivity index (χ0) is 12.9. The lowest BCUT2D eigenvalue weighted by Gasteiger charge is -2.14. The molecule has 0 saturated heterocycles. The Hall–Kier alpha value is -1.22. The molecule has 0 heterocycles. The fourth-order valence-electron chi connectivity index (χ4n) is 1.17. The van der Waals surface area contributed by atoms with Crippen molar-refractivity contribution in [2.45, 2.75) is 32.4 Å². The van der Waals surface area contributed by atoms with Crippen LogP contribution < -0.4 is 0 Å². The van der Waals surface area contributed by atoms with Crippen LogP contribution in [0.15, 0.2) is 46.9 Å². The van der Waals surface area contributed by atoms with E-state index in [1.54, 1.807) is 0 Å². The highest BCUT2D eigenvalue weighted by Crippen LogP contribution is 2.14. The average molecular weight is 249 g/mol. The molecule has 1 unspecified atom stereocenters. The predicted molar refractivity (Wildman–Crippen MR) is 75.7 cm³/mol. The lowest BCUT2D eigenvalue weighted by Crippen LogP contribution is -2.20. The fraction of sp³-hybridized carbons (Fsp3) is 0.357. The summed E-state index contributed by atoms with van der Waals surface area (Å²) < 4.78 is 16.0. The molecule has 0 saturated carbocycles. The molecule has 0 fully saturated rings. The first kappa shape index (κ1) is 13.8. The molecule has 1 atom stereocenters. The molecule has 0 aliphatic rings. The number of rotatable bonds is 3. The normalized spacial score (nSPS) is 15.2. The molecule has 1 rings (SSSR count). The van der Waals surface area contributed by atoms with Crippen molar-refractivity contribution in [1.29, 1.82) is 0 Å². The van der Waals surface area contributed by atoms with Gasteiger partial charge in [0.1, 0.15) is 11.0 Å². The van der Waals surface area contributed by atoms with E-state index in [4.69, 9.17) is 0 Å². The average Bonchev–Trinajstić information content (AvgIpc) is 2.28. The largest absolute Gasteiger partial charge is 0.234 e. The minimum absolute atomic E-state index is 0.332. The molecule has 0 radical (unpaired) electrons. The van der Waals surface area contributed by atoms with Gasteiger partial charge in [-0.15, -0.1) is 0 Å². The minimum atomic E-state index is -1.23. The van der Waals surface area contributed by atoms with Crippen molar-refractivity contribution in [1.82, 2.24) is 0 Å².